The Morgan fingerprint density at radius 2 is 1.64 bits per heavy atom. The van der Waals surface area contributed by atoms with Crippen LogP contribution in [0.5, 0.6) is 11.5 Å². The summed E-state index contributed by atoms with van der Waals surface area (Å²) < 4.78 is 23.9. The lowest BCUT2D eigenvalue weighted by Crippen LogP contribution is -2.24. The van der Waals surface area contributed by atoms with Crippen LogP contribution in [0.25, 0.3) is 0 Å². The molecule has 0 unspecified atom stereocenters. The van der Waals surface area contributed by atoms with Crippen molar-refractivity contribution in [2.24, 2.45) is 5.10 Å². The zero-order valence-electron chi connectivity index (χ0n) is 18.7. The van der Waals surface area contributed by atoms with E-state index in [1.807, 2.05) is 24.3 Å². The normalized spacial score (nSPS) is 11.3. The third kappa shape index (κ3) is 7.28. The molecular formula is C26H25FN2O4. The average molecular weight is 448 g/mol. The fourth-order valence-electron chi connectivity index (χ4n) is 2.81. The van der Waals surface area contributed by atoms with Crippen LogP contribution in [0.1, 0.15) is 42.3 Å². The molecule has 3 rings (SSSR count). The molecule has 0 heterocycles. The second-order valence-electron chi connectivity index (χ2n) is 8.33. The molecule has 0 saturated carbocycles. The number of hydrogen-bond acceptors (Lipinski definition) is 5. The molecule has 0 saturated heterocycles. The third-order valence-corrected chi connectivity index (χ3v) is 4.64. The lowest BCUT2D eigenvalue weighted by Gasteiger charge is -2.19. The van der Waals surface area contributed by atoms with Crippen molar-refractivity contribution in [3.05, 3.63) is 95.3 Å². The van der Waals surface area contributed by atoms with Gasteiger partial charge in [-0.15, -0.1) is 0 Å². The number of carbonyl (C=O) groups is 2. The van der Waals surface area contributed by atoms with E-state index in [2.05, 4.69) is 31.3 Å². The van der Waals surface area contributed by atoms with E-state index in [0.717, 1.165) is 6.07 Å². The van der Waals surface area contributed by atoms with Crippen molar-refractivity contribution in [1.82, 2.24) is 5.43 Å². The van der Waals surface area contributed by atoms with Gasteiger partial charge in [-0.05, 0) is 71.1 Å². The van der Waals surface area contributed by atoms with Crippen LogP contribution in [-0.2, 0) is 10.2 Å². The summed E-state index contributed by atoms with van der Waals surface area (Å²) in [5.41, 5.74) is 4.42. The zero-order valence-corrected chi connectivity index (χ0v) is 18.7. The van der Waals surface area contributed by atoms with E-state index in [1.54, 1.807) is 24.3 Å². The summed E-state index contributed by atoms with van der Waals surface area (Å²) in [5, 5.41) is 3.89. The van der Waals surface area contributed by atoms with Gasteiger partial charge in [-0.2, -0.15) is 5.10 Å². The molecule has 0 aliphatic rings. The van der Waals surface area contributed by atoms with Gasteiger partial charge in [0.05, 0.1) is 11.8 Å². The molecular weight excluding hydrogens is 423 g/mol. The molecule has 7 heteroatoms. The number of nitrogens with zero attached hydrogens (tertiary/aromatic N) is 1. The minimum Gasteiger partial charge on any atom is -0.484 e. The Bertz CT molecular complexity index is 1130. The van der Waals surface area contributed by atoms with Gasteiger partial charge in [-0.1, -0.05) is 39.0 Å². The Labute approximate surface area is 192 Å². The zero-order chi connectivity index (χ0) is 23.8. The fourth-order valence-corrected chi connectivity index (χ4v) is 2.81. The van der Waals surface area contributed by atoms with E-state index < -0.39 is 17.7 Å². The van der Waals surface area contributed by atoms with E-state index in [0.29, 0.717) is 17.1 Å². The van der Waals surface area contributed by atoms with Crippen LogP contribution < -0.4 is 14.9 Å². The van der Waals surface area contributed by atoms with Gasteiger partial charge in [-0.3, -0.25) is 4.79 Å². The molecule has 0 radical (unpaired) electrons. The van der Waals surface area contributed by atoms with Crippen molar-refractivity contribution in [2.75, 3.05) is 6.61 Å². The SMILES string of the molecule is CC(C)(C)c1ccc(OCC(=O)NN=Cc2ccc(OC(=O)c3cccc(F)c3)cc2)cc1. The number of ether oxygens (including phenoxy) is 2. The van der Waals surface area contributed by atoms with E-state index in [4.69, 9.17) is 9.47 Å². The first-order chi connectivity index (χ1) is 15.7. The summed E-state index contributed by atoms with van der Waals surface area (Å²) in [6.07, 6.45) is 1.45. The number of benzene rings is 3. The predicted molar refractivity (Wildman–Crippen MR) is 124 cm³/mol. The van der Waals surface area contributed by atoms with Gasteiger partial charge < -0.3 is 9.47 Å². The van der Waals surface area contributed by atoms with E-state index >= 15 is 0 Å². The second kappa shape index (κ2) is 10.5. The third-order valence-electron chi connectivity index (χ3n) is 4.64. The summed E-state index contributed by atoms with van der Waals surface area (Å²) in [6, 6.07) is 19.4. The molecule has 3 aromatic carbocycles. The van der Waals surface area contributed by atoms with Gasteiger partial charge in [0.2, 0.25) is 0 Å². The molecule has 6 nitrogen and oxygen atoms in total. The highest BCUT2D eigenvalue weighted by molar-refractivity contribution is 5.91. The van der Waals surface area contributed by atoms with Crippen molar-refractivity contribution >= 4 is 18.1 Å². The van der Waals surface area contributed by atoms with Gasteiger partial charge in [0.15, 0.2) is 6.61 Å². The van der Waals surface area contributed by atoms with Crippen LogP contribution in [-0.4, -0.2) is 24.7 Å². The molecule has 0 atom stereocenters. The minimum atomic E-state index is -0.656. The largest absolute Gasteiger partial charge is 0.484 e. The number of nitrogens with one attached hydrogen (secondary N) is 1. The fraction of sp³-hybridized carbons (Fsp3) is 0.192. The monoisotopic (exact) mass is 448 g/mol. The van der Waals surface area contributed by atoms with Crippen LogP contribution in [0, 0.1) is 5.82 Å². The van der Waals surface area contributed by atoms with Crippen molar-refractivity contribution in [3.63, 3.8) is 0 Å². The van der Waals surface area contributed by atoms with E-state index in [-0.39, 0.29) is 17.6 Å². The summed E-state index contributed by atoms with van der Waals surface area (Å²) >= 11 is 0. The molecule has 0 aromatic heterocycles. The van der Waals surface area contributed by atoms with Crippen LogP contribution in [0.2, 0.25) is 0 Å². The Morgan fingerprint density at radius 1 is 0.970 bits per heavy atom. The highest BCUT2D eigenvalue weighted by Gasteiger charge is 2.13. The van der Waals surface area contributed by atoms with Gasteiger partial charge in [-0.25, -0.2) is 14.6 Å². The number of hydrazone groups is 1. The molecule has 3 aromatic rings. The Morgan fingerprint density at radius 3 is 2.27 bits per heavy atom. The Hall–Kier alpha value is -4.00. The maximum Gasteiger partial charge on any atom is 0.343 e. The molecule has 0 aliphatic carbocycles. The van der Waals surface area contributed by atoms with Crippen LogP contribution >= 0.6 is 0 Å². The highest BCUT2D eigenvalue weighted by atomic mass is 19.1. The first-order valence-electron chi connectivity index (χ1n) is 10.3. The number of amides is 1. The number of hydrogen-bond donors (Lipinski definition) is 1. The first-order valence-corrected chi connectivity index (χ1v) is 10.3. The first kappa shape index (κ1) is 23.7. The van der Waals surface area contributed by atoms with Crippen LogP contribution in [0.4, 0.5) is 4.39 Å². The molecule has 0 spiro atoms. The van der Waals surface area contributed by atoms with E-state index in [9.17, 15) is 14.0 Å². The molecule has 0 aliphatic heterocycles. The van der Waals surface area contributed by atoms with Crippen LogP contribution in [0.3, 0.4) is 0 Å². The van der Waals surface area contributed by atoms with Gasteiger partial charge in [0.25, 0.3) is 5.91 Å². The number of carbonyl (C=O) groups excluding carboxylic acids is 2. The van der Waals surface area contributed by atoms with Gasteiger partial charge in [0.1, 0.15) is 17.3 Å². The Balaban J connectivity index is 1.45. The van der Waals surface area contributed by atoms with Crippen LogP contribution in [0.15, 0.2) is 77.9 Å². The number of esters is 1. The lowest BCUT2D eigenvalue weighted by molar-refractivity contribution is -0.123. The summed E-state index contributed by atoms with van der Waals surface area (Å²) in [7, 11) is 0. The second-order valence-corrected chi connectivity index (χ2v) is 8.33. The average Bonchev–Trinajstić information content (AvgIpc) is 2.78. The Kier molecular flexibility index (Phi) is 7.56. The number of rotatable bonds is 7. The standard InChI is InChI=1S/C26H25FN2O4/c1-26(2,3)20-9-13-22(14-10-20)32-17-24(30)29-28-16-18-7-11-23(12-8-18)33-25(31)19-5-4-6-21(27)15-19/h4-16H,17H2,1-3H3,(H,29,30). The minimum absolute atomic E-state index is 0.0474. The molecule has 1 N–H and O–H groups in total. The quantitative estimate of drug-likeness (QED) is 0.242. The van der Waals surface area contributed by atoms with Gasteiger partial charge >= 0.3 is 5.97 Å². The summed E-state index contributed by atoms with van der Waals surface area (Å²) in [4.78, 5) is 24.0. The summed E-state index contributed by atoms with van der Waals surface area (Å²) in [5.74, 6) is -0.660. The van der Waals surface area contributed by atoms with Crippen molar-refractivity contribution < 1.29 is 23.5 Å². The highest BCUT2D eigenvalue weighted by Crippen LogP contribution is 2.24. The number of halogens is 1. The molecule has 33 heavy (non-hydrogen) atoms. The van der Waals surface area contributed by atoms with Crippen molar-refractivity contribution in [3.8, 4) is 11.5 Å². The van der Waals surface area contributed by atoms with E-state index in [1.165, 1.54) is 30.0 Å². The predicted octanol–water partition coefficient (Wildman–Crippen LogP) is 4.87. The summed E-state index contributed by atoms with van der Waals surface area (Å²) in [6.45, 7) is 6.21. The topological polar surface area (TPSA) is 77.0 Å². The molecule has 0 bridgehead atoms. The maximum absolute atomic E-state index is 13.2. The molecule has 0 fully saturated rings. The molecule has 170 valence electrons. The smallest absolute Gasteiger partial charge is 0.343 e. The maximum atomic E-state index is 13.2. The molecule has 1 amide bonds. The van der Waals surface area contributed by atoms with Gasteiger partial charge in [0, 0.05) is 0 Å². The van der Waals surface area contributed by atoms with Crippen molar-refractivity contribution in [1.29, 1.82) is 0 Å². The lowest BCUT2D eigenvalue weighted by atomic mass is 9.87. The van der Waals surface area contributed by atoms with Crippen molar-refractivity contribution in [2.45, 2.75) is 26.2 Å².